The fourth-order valence-corrected chi connectivity index (χ4v) is 5.86. The van der Waals surface area contributed by atoms with Gasteiger partial charge in [0.05, 0.1) is 15.6 Å². The Morgan fingerprint density at radius 3 is 2.48 bits per heavy atom. The number of thiazole rings is 1. The standard InChI is InChI=1S/C24H27N3O4S2/c1-18-25-21(17-32-18)16-31-22-11-9-19(10-12-22)24(28)26-20-7-6-8-23(15-20)33(29,30)27-13-4-2-3-5-14-27/h6-12,15,17H,2-5,13-14,16H2,1H3,(H,26,28). The Morgan fingerprint density at radius 2 is 1.82 bits per heavy atom. The van der Waals surface area contributed by atoms with Gasteiger partial charge in [-0.2, -0.15) is 4.31 Å². The normalized spacial score (nSPS) is 15.1. The van der Waals surface area contributed by atoms with Crippen LogP contribution in [-0.4, -0.2) is 36.7 Å². The van der Waals surface area contributed by atoms with E-state index in [9.17, 15) is 13.2 Å². The Hall–Kier alpha value is -2.75. The van der Waals surface area contributed by atoms with Crippen LogP contribution in [0.25, 0.3) is 0 Å². The number of sulfonamides is 1. The van der Waals surface area contributed by atoms with E-state index < -0.39 is 10.0 Å². The lowest BCUT2D eigenvalue weighted by atomic mass is 10.2. The number of aryl methyl sites for hydroxylation is 1. The largest absolute Gasteiger partial charge is 0.487 e. The maximum absolute atomic E-state index is 13.0. The minimum atomic E-state index is -3.58. The topological polar surface area (TPSA) is 88.6 Å². The van der Waals surface area contributed by atoms with E-state index in [1.165, 1.54) is 6.07 Å². The van der Waals surface area contributed by atoms with E-state index in [0.717, 1.165) is 36.4 Å². The van der Waals surface area contributed by atoms with E-state index in [2.05, 4.69) is 10.3 Å². The number of benzene rings is 2. The molecule has 3 aromatic rings. The van der Waals surface area contributed by atoms with Crippen molar-refractivity contribution in [2.75, 3.05) is 18.4 Å². The Kier molecular flexibility index (Phi) is 7.42. The molecule has 7 nitrogen and oxygen atoms in total. The predicted molar refractivity (Wildman–Crippen MR) is 129 cm³/mol. The average molecular weight is 486 g/mol. The summed E-state index contributed by atoms with van der Waals surface area (Å²) in [5, 5.41) is 5.74. The lowest BCUT2D eigenvalue weighted by molar-refractivity contribution is 0.102. The molecule has 0 spiro atoms. The molecule has 0 bridgehead atoms. The fourth-order valence-electron chi connectivity index (χ4n) is 3.70. The molecule has 0 saturated carbocycles. The molecule has 1 fully saturated rings. The summed E-state index contributed by atoms with van der Waals surface area (Å²) in [6.07, 6.45) is 3.85. The molecule has 9 heteroatoms. The zero-order valence-corrected chi connectivity index (χ0v) is 20.1. The highest BCUT2D eigenvalue weighted by Gasteiger charge is 2.25. The van der Waals surface area contributed by atoms with Crippen LogP contribution in [0.15, 0.2) is 58.8 Å². The third-order valence-corrected chi connectivity index (χ3v) is 8.18. The minimum absolute atomic E-state index is 0.197. The molecule has 2 aromatic carbocycles. The van der Waals surface area contributed by atoms with Crippen LogP contribution in [0, 0.1) is 6.92 Å². The maximum Gasteiger partial charge on any atom is 0.255 e. The van der Waals surface area contributed by atoms with Crippen LogP contribution in [0.5, 0.6) is 5.75 Å². The summed E-state index contributed by atoms with van der Waals surface area (Å²) in [5.41, 5.74) is 1.76. The second-order valence-corrected chi connectivity index (χ2v) is 11.0. The molecule has 0 aliphatic carbocycles. The third-order valence-electron chi connectivity index (χ3n) is 5.46. The maximum atomic E-state index is 13.0. The summed E-state index contributed by atoms with van der Waals surface area (Å²) in [5.74, 6) is 0.323. The first-order valence-electron chi connectivity index (χ1n) is 11.0. The van der Waals surface area contributed by atoms with Crippen LogP contribution in [0.2, 0.25) is 0 Å². The molecule has 1 saturated heterocycles. The number of carbonyl (C=O) groups is 1. The van der Waals surface area contributed by atoms with Crippen LogP contribution >= 0.6 is 11.3 Å². The van der Waals surface area contributed by atoms with Gasteiger partial charge in [0, 0.05) is 29.7 Å². The molecule has 2 heterocycles. The van der Waals surface area contributed by atoms with Gasteiger partial charge in [0.15, 0.2) is 0 Å². The van der Waals surface area contributed by atoms with Crippen molar-refractivity contribution in [1.82, 2.24) is 9.29 Å². The average Bonchev–Trinajstić information content (AvgIpc) is 3.05. The number of ether oxygens (including phenoxy) is 1. The van der Waals surface area contributed by atoms with E-state index in [1.54, 1.807) is 58.1 Å². The van der Waals surface area contributed by atoms with Gasteiger partial charge >= 0.3 is 0 Å². The lowest BCUT2D eigenvalue weighted by Gasteiger charge is -2.20. The number of carbonyl (C=O) groups excluding carboxylic acids is 1. The minimum Gasteiger partial charge on any atom is -0.487 e. The van der Waals surface area contributed by atoms with Crippen molar-refractivity contribution in [2.45, 2.75) is 44.1 Å². The molecule has 1 amide bonds. The summed E-state index contributed by atoms with van der Waals surface area (Å²) in [7, 11) is -3.58. The van der Waals surface area contributed by atoms with Gasteiger partial charge in [-0.3, -0.25) is 4.79 Å². The monoisotopic (exact) mass is 485 g/mol. The Bertz CT molecular complexity index is 1200. The number of nitrogens with zero attached hydrogens (tertiary/aromatic N) is 2. The number of amides is 1. The fraction of sp³-hybridized carbons (Fsp3) is 0.333. The van der Waals surface area contributed by atoms with Gasteiger partial charge in [0.1, 0.15) is 12.4 Å². The number of hydrogen-bond acceptors (Lipinski definition) is 6. The predicted octanol–water partition coefficient (Wildman–Crippen LogP) is 4.85. The SMILES string of the molecule is Cc1nc(COc2ccc(C(=O)Nc3cccc(S(=O)(=O)N4CCCCCC4)c3)cc2)cs1. The van der Waals surface area contributed by atoms with Gasteiger partial charge in [0.2, 0.25) is 10.0 Å². The van der Waals surface area contributed by atoms with Crippen LogP contribution < -0.4 is 10.1 Å². The first kappa shape index (κ1) is 23.4. The molecular weight excluding hydrogens is 458 g/mol. The molecule has 1 aromatic heterocycles. The molecular formula is C24H27N3O4S2. The summed E-state index contributed by atoms with van der Waals surface area (Å²) in [6.45, 7) is 3.39. The van der Waals surface area contributed by atoms with Crippen LogP contribution in [0.3, 0.4) is 0 Å². The molecule has 4 rings (SSSR count). The quantitative estimate of drug-likeness (QED) is 0.517. The molecule has 33 heavy (non-hydrogen) atoms. The van der Waals surface area contributed by atoms with Crippen molar-refractivity contribution in [3.8, 4) is 5.75 Å². The van der Waals surface area contributed by atoms with Crippen molar-refractivity contribution >= 4 is 33.0 Å². The van der Waals surface area contributed by atoms with E-state index >= 15 is 0 Å². The second kappa shape index (κ2) is 10.5. The highest BCUT2D eigenvalue weighted by molar-refractivity contribution is 7.89. The first-order valence-corrected chi connectivity index (χ1v) is 13.3. The lowest BCUT2D eigenvalue weighted by Crippen LogP contribution is -2.32. The Balaban J connectivity index is 1.40. The molecule has 1 aliphatic rings. The van der Waals surface area contributed by atoms with E-state index in [4.69, 9.17) is 4.74 Å². The van der Waals surface area contributed by atoms with Crippen LogP contribution in [0.1, 0.15) is 46.7 Å². The number of nitrogens with one attached hydrogen (secondary N) is 1. The Labute approximate surface area is 198 Å². The third kappa shape index (κ3) is 5.98. The van der Waals surface area contributed by atoms with Gasteiger partial charge in [-0.1, -0.05) is 18.9 Å². The van der Waals surface area contributed by atoms with E-state index in [1.807, 2.05) is 12.3 Å². The van der Waals surface area contributed by atoms with Gasteiger partial charge in [-0.05, 0) is 62.2 Å². The Morgan fingerprint density at radius 1 is 1.09 bits per heavy atom. The van der Waals surface area contributed by atoms with Crippen molar-refractivity contribution in [3.05, 3.63) is 70.2 Å². The van der Waals surface area contributed by atoms with Crippen molar-refractivity contribution < 1.29 is 17.9 Å². The summed E-state index contributed by atoms with van der Waals surface area (Å²) in [6, 6.07) is 13.2. The van der Waals surface area contributed by atoms with Gasteiger partial charge in [0.25, 0.3) is 5.91 Å². The molecule has 174 valence electrons. The zero-order valence-electron chi connectivity index (χ0n) is 18.5. The second-order valence-electron chi connectivity index (χ2n) is 7.97. The van der Waals surface area contributed by atoms with Crippen molar-refractivity contribution in [2.24, 2.45) is 0 Å². The molecule has 0 unspecified atom stereocenters. The van der Waals surface area contributed by atoms with Crippen LogP contribution in [-0.2, 0) is 16.6 Å². The zero-order chi connectivity index (χ0) is 23.3. The first-order chi connectivity index (χ1) is 15.9. The molecule has 1 aliphatic heterocycles. The van der Waals surface area contributed by atoms with Crippen LogP contribution in [0.4, 0.5) is 5.69 Å². The highest BCUT2D eigenvalue weighted by Crippen LogP contribution is 2.23. The smallest absolute Gasteiger partial charge is 0.255 e. The number of rotatable bonds is 7. The summed E-state index contributed by atoms with van der Waals surface area (Å²) in [4.78, 5) is 17.3. The summed E-state index contributed by atoms with van der Waals surface area (Å²) >= 11 is 1.57. The molecule has 0 radical (unpaired) electrons. The number of anilines is 1. The number of hydrogen-bond donors (Lipinski definition) is 1. The van der Waals surface area contributed by atoms with Crippen molar-refractivity contribution in [1.29, 1.82) is 0 Å². The van der Waals surface area contributed by atoms with E-state index in [0.29, 0.717) is 36.7 Å². The summed E-state index contributed by atoms with van der Waals surface area (Å²) < 4.78 is 33.4. The van der Waals surface area contributed by atoms with Gasteiger partial charge in [-0.15, -0.1) is 11.3 Å². The van der Waals surface area contributed by atoms with Crippen molar-refractivity contribution in [3.63, 3.8) is 0 Å². The van der Waals surface area contributed by atoms with E-state index in [-0.39, 0.29) is 10.8 Å². The molecule has 0 atom stereocenters. The van der Waals surface area contributed by atoms with Gasteiger partial charge < -0.3 is 10.1 Å². The number of aromatic nitrogens is 1. The molecule has 1 N–H and O–H groups in total. The van der Waals surface area contributed by atoms with Gasteiger partial charge in [-0.25, -0.2) is 13.4 Å². The highest BCUT2D eigenvalue weighted by atomic mass is 32.2.